The predicted octanol–water partition coefficient (Wildman–Crippen LogP) is 3.91. The fourth-order valence-corrected chi connectivity index (χ4v) is 2.22. The van der Waals surface area contributed by atoms with Gasteiger partial charge in [0.25, 0.3) is 5.91 Å². The van der Waals surface area contributed by atoms with Gasteiger partial charge in [0, 0.05) is 4.47 Å². The lowest BCUT2D eigenvalue weighted by Crippen LogP contribution is -2.13. The average molecular weight is 281 g/mol. The number of fused-ring (bicyclic) bond motifs is 1. The summed E-state index contributed by atoms with van der Waals surface area (Å²) in [5.74, 6) is -0.176. The second-order valence-electron chi connectivity index (χ2n) is 4.99. The molecule has 1 aromatic rings. The van der Waals surface area contributed by atoms with Gasteiger partial charge in [-0.1, -0.05) is 26.8 Å². The van der Waals surface area contributed by atoms with Crippen LogP contribution in [0.4, 0.5) is 5.69 Å². The molecule has 1 aliphatic heterocycles. The van der Waals surface area contributed by atoms with Crippen molar-refractivity contribution in [3.05, 3.63) is 27.7 Å². The first-order valence-corrected chi connectivity index (χ1v) is 5.95. The summed E-state index contributed by atoms with van der Waals surface area (Å²) < 4.78 is 0.908. The third-order valence-electron chi connectivity index (χ3n) is 2.61. The van der Waals surface area contributed by atoms with Crippen molar-refractivity contribution in [1.82, 2.24) is 0 Å². The smallest absolute Gasteiger partial charge is 0.269 e. The molecule has 3 nitrogen and oxygen atoms in total. The van der Waals surface area contributed by atoms with Crippen molar-refractivity contribution in [3.63, 3.8) is 0 Å². The zero-order valence-corrected chi connectivity index (χ0v) is 11.1. The molecule has 0 N–H and O–H groups in total. The number of amides is 1. The molecule has 16 heavy (non-hydrogen) atoms. The summed E-state index contributed by atoms with van der Waals surface area (Å²) in [6, 6.07) is 4.10. The number of azo groups is 1. The van der Waals surface area contributed by atoms with Crippen LogP contribution >= 0.6 is 15.9 Å². The maximum absolute atomic E-state index is 11.2. The lowest BCUT2D eigenvalue weighted by molar-refractivity contribution is -0.117. The van der Waals surface area contributed by atoms with Crippen LogP contribution in [0.5, 0.6) is 0 Å². The molecular weight excluding hydrogens is 268 g/mol. The van der Waals surface area contributed by atoms with E-state index >= 15 is 0 Å². The van der Waals surface area contributed by atoms with Crippen LogP contribution in [0.15, 0.2) is 26.8 Å². The van der Waals surface area contributed by atoms with Gasteiger partial charge in [0.05, 0.1) is 6.42 Å². The minimum absolute atomic E-state index is 0.0647. The van der Waals surface area contributed by atoms with E-state index in [1.165, 1.54) is 5.56 Å². The Hall–Kier alpha value is -1.03. The van der Waals surface area contributed by atoms with Crippen LogP contribution in [0.3, 0.4) is 0 Å². The van der Waals surface area contributed by atoms with Crippen LogP contribution in [0.2, 0.25) is 0 Å². The Kier molecular flexibility index (Phi) is 2.70. The first-order chi connectivity index (χ1) is 7.38. The van der Waals surface area contributed by atoms with Crippen molar-refractivity contribution in [3.8, 4) is 0 Å². The largest absolute Gasteiger partial charge is 0.271 e. The van der Waals surface area contributed by atoms with Gasteiger partial charge in [0.1, 0.15) is 5.69 Å². The first kappa shape index (κ1) is 11.5. The fraction of sp³-hybridized carbons (Fsp3) is 0.417. The van der Waals surface area contributed by atoms with Gasteiger partial charge in [-0.2, -0.15) is 0 Å². The van der Waals surface area contributed by atoms with E-state index < -0.39 is 0 Å². The summed E-state index contributed by atoms with van der Waals surface area (Å²) in [5, 5.41) is 7.51. The molecule has 4 heteroatoms. The van der Waals surface area contributed by atoms with Crippen LogP contribution in [0.25, 0.3) is 0 Å². The van der Waals surface area contributed by atoms with Gasteiger partial charge in [-0.25, -0.2) is 0 Å². The van der Waals surface area contributed by atoms with E-state index in [2.05, 4.69) is 53.0 Å². The number of nitrogens with zero attached hydrogens (tertiary/aromatic N) is 2. The van der Waals surface area contributed by atoms with Crippen molar-refractivity contribution < 1.29 is 4.79 Å². The molecule has 0 spiro atoms. The van der Waals surface area contributed by atoms with Gasteiger partial charge in [0.15, 0.2) is 0 Å². The second-order valence-corrected chi connectivity index (χ2v) is 5.84. The molecule has 0 atom stereocenters. The summed E-state index contributed by atoms with van der Waals surface area (Å²) in [6.07, 6.45) is 0.349. The number of halogens is 1. The fourth-order valence-electron chi connectivity index (χ4n) is 1.64. The summed E-state index contributed by atoms with van der Waals surface area (Å²) in [7, 11) is 0. The predicted molar refractivity (Wildman–Crippen MR) is 66.1 cm³/mol. The highest BCUT2D eigenvalue weighted by Crippen LogP contribution is 2.37. The average Bonchev–Trinajstić information content (AvgIpc) is 2.15. The van der Waals surface area contributed by atoms with Crippen LogP contribution < -0.4 is 0 Å². The molecule has 0 fully saturated rings. The Morgan fingerprint density at radius 2 is 1.94 bits per heavy atom. The van der Waals surface area contributed by atoms with Crippen molar-refractivity contribution in [2.75, 3.05) is 0 Å². The van der Waals surface area contributed by atoms with E-state index in [1.807, 2.05) is 6.07 Å². The third-order valence-corrected chi connectivity index (χ3v) is 3.22. The molecule has 0 saturated carbocycles. The Morgan fingerprint density at radius 1 is 1.25 bits per heavy atom. The molecular formula is C12H13BrN2O. The molecule has 1 aromatic carbocycles. The highest BCUT2D eigenvalue weighted by atomic mass is 79.9. The molecule has 84 valence electrons. The van der Waals surface area contributed by atoms with Gasteiger partial charge in [-0.05, 0) is 38.5 Å². The number of carbonyl (C=O) groups is 1. The molecule has 1 heterocycles. The Bertz CT molecular complexity index is 487. The Labute approximate surface area is 103 Å². The number of carbonyl (C=O) groups excluding carboxylic acids is 1. The van der Waals surface area contributed by atoms with Gasteiger partial charge in [-0.15, -0.1) is 10.2 Å². The van der Waals surface area contributed by atoms with Crippen LogP contribution in [-0.4, -0.2) is 5.91 Å². The maximum Gasteiger partial charge on any atom is 0.269 e. The number of hydrogen-bond donors (Lipinski definition) is 0. The van der Waals surface area contributed by atoms with E-state index in [1.54, 1.807) is 0 Å². The van der Waals surface area contributed by atoms with Gasteiger partial charge < -0.3 is 0 Å². The van der Waals surface area contributed by atoms with Crippen molar-refractivity contribution in [1.29, 1.82) is 0 Å². The quantitative estimate of drug-likeness (QED) is 0.710. The van der Waals surface area contributed by atoms with Crippen molar-refractivity contribution in [2.45, 2.75) is 32.6 Å². The minimum Gasteiger partial charge on any atom is -0.271 e. The molecule has 1 aliphatic rings. The molecule has 0 aromatic heterocycles. The molecule has 1 amide bonds. The lowest BCUT2D eigenvalue weighted by atomic mass is 9.85. The van der Waals surface area contributed by atoms with Crippen LogP contribution in [-0.2, 0) is 16.6 Å². The van der Waals surface area contributed by atoms with E-state index in [-0.39, 0.29) is 11.3 Å². The van der Waals surface area contributed by atoms with E-state index in [0.29, 0.717) is 6.42 Å². The van der Waals surface area contributed by atoms with Crippen molar-refractivity contribution >= 4 is 27.5 Å². The zero-order valence-electron chi connectivity index (χ0n) is 9.54. The van der Waals surface area contributed by atoms with E-state index in [0.717, 1.165) is 15.7 Å². The standard InChI is InChI=1S/C12H13BrN2O/c1-12(2,3)8-4-7-5-10(16)14-15-11(7)9(13)6-8/h4,6H,5H2,1-3H3. The van der Waals surface area contributed by atoms with E-state index in [9.17, 15) is 4.79 Å². The topological polar surface area (TPSA) is 41.8 Å². The van der Waals surface area contributed by atoms with Gasteiger partial charge in [0.2, 0.25) is 0 Å². The highest BCUT2D eigenvalue weighted by molar-refractivity contribution is 9.10. The van der Waals surface area contributed by atoms with Gasteiger partial charge in [-0.3, -0.25) is 4.79 Å². The monoisotopic (exact) mass is 280 g/mol. The molecule has 0 saturated heterocycles. The summed E-state index contributed by atoms with van der Waals surface area (Å²) in [6.45, 7) is 6.44. The summed E-state index contributed by atoms with van der Waals surface area (Å²) >= 11 is 3.48. The Balaban J connectivity index is 2.58. The number of hydrogen-bond acceptors (Lipinski definition) is 2. The Morgan fingerprint density at radius 3 is 2.56 bits per heavy atom. The molecule has 0 radical (unpaired) electrons. The number of benzene rings is 1. The first-order valence-electron chi connectivity index (χ1n) is 5.15. The molecule has 0 aliphatic carbocycles. The minimum atomic E-state index is -0.176. The van der Waals surface area contributed by atoms with Crippen LogP contribution in [0.1, 0.15) is 31.9 Å². The third kappa shape index (κ3) is 2.07. The summed E-state index contributed by atoms with van der Waals surface area (Å²) in [4.78, 5) is 11.2. The lowest BCUT2D eigenvalue weighted by Gasteiger charge is -2.22. The normalized spacial score (nSPS) is 15.1. The zero-order chi connectivity index (χ0) is 11.9. The SMILES string of the molecule is CC(C)(C)c1cc(Br)c2c(c1)CC(=O)N=N2. The van der Waals surface area contributed by atoms with Crippen molar-refractivity contribution in [2.24, 2.45) is 10.2 Å². The molecule has 0 unspecified atom stereocenters. The van der Waals surface area contributed by atoms with Gasteiger partial charge >= 0.3 is 0 Å². The summed E-state index contributed by atoms with van der Waals surface area (Å²) in [5.41, 5.74) is 3.00. The highest BCUT2D eigenvalue weighted by Gasteiger charge is 2.21. The van der Waals surface area contributed by atoms with Crippen LogP contribution in [0, 0.1) is 0 Å². The second kappa shape index (κ2) is 3.77. The molecule has 2 rings (SSSR count). The number of rotatable bonds is 0. The maximum atomic E-state index is 11.2. The van der Waals surface area contributed by atoms with E-state index in [4.69, 9.17) is 0 Å². The molecule has 0 bridgehead atoms.